The van der Waals surface area contributed by atoms with Crippen LogP contribution in [0.1, 0.15) is 23.2 Å². The molecular formula is C14H16N2O4S. The van der Waals surface area contributed by atoms with Crippen LogP contribution in [0.2, 0.25) is 0 Å². The highest BCUT2D eigenvalue weighted by Gasteiger charge is 2.24. The summed E-state index contributed by atoms with van der Waals surface area (Å²) in [6, 6.07) is 7.01. The molecule has 1 fully saturated rings. The summed E-state index contributed by atoms with van der Waals surface area (Å²) in [5.41, 5.74) is 0.859. The van der Waals surface area contributed by atoms with Crippen LogP contribution >= 0.6 is 11.8 Å². The fourth-order valence-electron chi connectivity index (χ4n) is 1.70. The van der Waals surface area contributed by atoms with E-state index in [0.29, 0.717) is 11.3 Å². The molecular weight excluding hydrogens is 292 g/mol. The van der Waals surface area contributed by atoms with Gasteiger partial charge in [-0.25, -0.2) is 0 Å². The fraction of sp³-hybridized carbons (Fsp3) is 0.357. The summed E-state index contributed by atoms with van der Waals surface area (Å²) in [6.07, 6.45) is 1.98. The summed E-state index contributed by atoms with van der Waals surface area (Å²) in [4.78, 5) is 34.2. The minimum Gasteiger partial charge on any atom is -0.481 e. The Morgan fingerprint density at radius 1 is 1.19 bits per heavy atom. The molecule has 0 unspecified atom stereocenters. The Labute approximate surface area is 126 Å². The van der Waals surface area contributed by atoms with Crippen LogP contribution in [0.25, 0.3) is 0 Å². The van der Waals surface area contributed by atoms with Gasteiger partial charge in [-0.05, 0) is 25.0 Å². The van der Waals surface area contributed by atoms with Gasteiger partial charge < -0.3 is 15.7 Å². The van der Waals surface area contributed by atoms with Crippen LogP contribution in [0, 0.1) is 0 Å². The van der Waals surface area contributed by atoms with Gasteiger partial charge in [0.2, 0.25) is 5.91 Å². The summed E-state index contributed by atoms with van der Waals surface area (Å²) in [6.45, 7) is 0. The Hall–Kier alpha value is -2.02. The molecule has 2 rings (SSSR count). The second-order valence-corrected chi connectivity index (χ2v) is 5.71. The van der Waals surface area contributed by atoms with Crippen molar-refractivity contribution >= 4 is 35.2 Å². The van der Waals surface area contributed by atoms with Crippen molar-refractivity contribution < 1.29 is 19.5 Å². The molecule has 0 aromatic heterocycles. The first-order valence-corrected chi connectivity index (χ1v) is 7.71. The molecule has 0 saturated heterocycles. The van der Waals surface area contributed by atoms with Gasteiger partial charge in [0, 0.05) is 6.04 Å². The van der Waals surface area contributed by atoms with E-state index in [-0.39, 0.29) is 29.4 Å². The number of hydrogen-bond donors (Lipinski definition) is 3. The third-order valence-corrected chi connectivity index (χ3v) is 3.73. The van der Waals surface area contributed by atoms with Crippen LogP contribution in [-0.2, 0) is 9.59 Å². The molecule has 21 heavy (non-hydrogen) atoms. The lowest BCUT2D eigenvalue weighted by atomic mass is 10.1. The fourth-order valence-corrected chi connectivity index (χ4v) is 2.23. The van der Waals surface area contributed by atoms with Gasteiger partial charge in [-0.3, -0.25) is 14.4 Å². The molecule has 1 aliphatic rings. The number of thioether (sulfide) groups is 1. The van der Waals surface area contributed by atoms with Crippen LogP contribution in [0.4, 0.5) is 5.69 Å². The largest absolute Gasteiger partial charge is 0.481 e. The molecule has 112 valence electrons. The van der Waals surface area contributed by atoms with Crippen molar-refractivity contribution in [2.45, 2.75) is 18.9 Å². The first-order valence-electron chi connectivity index (χ1n) is 6.55. The number of carbonyl (C=O) groups is 3. The SMILES string of the molecule is O=C(O)CSCC(=O)Nc1ccccc1C(=O)NC1CC1. The molecule has 2 amide bonds. The average molecular weight is 308 g/mol. The van der Waals surface area contributed by atoms with Gasteiger partial charge in [0.1, 0.15) is 0 Å². The van der Waals surface area contributed by atoms with E-state index >= 15 is 0 Å². The van der Waals surface area contributed by atoms with E-state index in [2.05, 4.69) is 10.6 Å². The molecule has 1 aliphatic carbocycles. The minimum atomic E-state index is -0.961. The second kappa shape index (κ2) is 7.12. The van der Waals surface area contributed by atoms with E-state index in [9.17, 15) is 14.4 Å². The first kappa shape index (κ1) is 15.4. The lowest BCUT2D eigenvalue weighted by Crippen LogP contribution is -2.27. The third kappa shape index (κ3) is 5.11. The van der Waals surface area contributed by atoms with Gasteiger partial charge in [-0.2, -0.15) is 0 Å². The average Bonchev–Trinajstić information content (AvgIpc) is 3.22. The van der Waals surface area contributed by atoms with E-state index in [4.69, 9.17) is 5.11 Å². The number of carboxylic acids is 1. The number of nitrogens with one attached hydrogen (secondary N) is 2. The molecule has 0 heterocycles. The number of carboxylic acid groups (broad SMARTS) is 1. The van der Waals surface area contributed by atoms with Crippen molar-refractivity contribution in [3.05, 3.63) is 29.8 Å². The van der Waals surface area contributed by atoms with Crippen LogP contribution in [-0.4, -0.2) is 40.4 Å². The zero-order valence-electron chi connectivity index (χ0n) is 11.3. The topological polar surface area (TPSA) is 95.5 Å². The van der Waals surface area contributed by atoms with E-state index in [1.807, 2.05) is 0 Å². The van der Waals surface area contributed by atoms with Gasteiger partial charge in [0.15, 0.2) is 0 Å². The highest BCUT2D eigenvalue weighted by atomic mass is 32.2. The number of benzene rings is 1. The standard InChI is InChI=1S/C14H16N2O4S/c17-12(7-21-8-13(18)19)16-11-4-2-1-3-10(11)14(20)15-9-5-6-9/h1-4,9H,5-8H2,(H,15,20)(H,16,17)(H,18,19). The zero-order chi connectivity index (χ0) is 15.2. The van der Waals surface area contributed by atoms with Gasteiger partial charge >= 0.3 is 5.97 Å². The predicted molar refractivity (Wildman–Crippen MR) is 80.5 cm³/mol. The quantitative estimate of drug-likeness (QED) is 0.706. The highest BCUT2D eigenvalue weighted by molar-refractivity contribution is 8.00. The maximum Gasteiger partial charge on any atom is 0.313 e. The zero-order valence-corrected chi connectivity index (χ0v) is 12.1. The molecule has 7 heteroatoms. The van der Waals surface area contributed by atoms with Crippen molar-refractivity contribution in [3.8, 4) is 0 Å². The Kier molecular flexibility index (Phi) is 5.21. The number of para-hydroxylation sites is 1. The monoisotopic (exact) mass is 308 g/mol. The number of amides is 2. The molecule has 0 radical (unpaired) electrons. The second-order valence-electron chi connectivity index (χ2n) is 4.73. The predicted octanol–water partition coefficient (Wildman–Crippen LogP) is 1.34. The van der Waals surface area contributed by atoms with E-state index in [1.165, 1.54) is 0 Å². The van der Waals surface area contributed by atoms with Crippen LogP contribution in [0.5, 0.6) is 0 Å². The van der Waals surface area contributed by atoms with Crippen LogP contribution in [0.3, 0.4) is 0 Å². The van der Waals surface area contributed by atoms with Crippen LogP contribution < -0.4 is 10.6 Å². The summed E-state index contributed by atoms with van der Waals surface area (Å²) in [5.74, 6) is -1.58. The van der Waals surface area contributed by atoms with Gasteiger partial charge in [0.05, 0.1) is 22.8 Å². The van der Waals surface area contributed by atoms with Crippen molar-refractivity contribution in [3.63, 3.8) is 0 Å². The van der Waals surface area contributed by atoms with Crippen molar-refractivity contribution in [2.24, 2.45) is 0 Å². The molecule has 1 aromatic carbocycles. The maximum absolute atomic E-state index is 12.1. The van der Waals surface area contributed by atoms with Crippen molar-refractivity contribution in [2.75, 3.05) is 16.8 Å². The van der Waals surface area contributed by atoms with Gasteiger partial charge in [0.25, 0.3) is 5.91 Å². The molecule has 1 aromatic rings. The normalized spacial score (nSPS) is 13.5. The van der Waals surface area contributed by atoms with E-state index in [1.54, 1.807) is 24.3 Å². The Morgan fingerprint density at radius 3 is 2.57 bits per heavy atom. The lowest BCUT2D eigenvalue weighted by Gasteiger charge is -2.10. The first-order chi connectivity index (χ1) is 10.1. The molecule has 1 saturated carbocycles. The number of carbonyl (C=O) groups excluding carboxylic acids is 2. The number of rotatable bonds is 7. The molecule has 3 N–H and O–H groups in total. The van der Waals surface area contributed by atoms with Crippen LogP contribution in [0.15, 0.2) is 24.3 Å². The summed E-state index contributed by atoms with van der Waals surface area (Å²) in [7, 11) is 0. The third-order valence-electron chi connectivity index (χ3n) is 2.82. The summed E-state index contributed by atoms with van der Waals surface area (Å²) < 4.78 is 0. The van der Waals surface area contributed by atoms with E-state index in [0.717, 1.165) is 24.6 Å². The Bertz CT molecular complexity index is 558. The van der Waals surface area contributed by atoms with E-state index < -0.39 is 5.97 Å². The van der Waals surface area contributed by atoms with Crippen molar-refractivity contribution in [1.29, 1.82) is 0 Å². The van der Waals surface area contributed by atoms with Gasteiger partial charge in [-0.15, -0.1) is 11.8 Å². The number of aliphatic carboxylic acids is 1. The minimum absolute atomic E-state index is 0.0326. The lowest BCUT2D eigenvalue weighted by molar-refractivity contribution is -0.133. The summed E-state index contributed by atoms with van der Waals surface area (Å²) in [5, 5.41) is 14.0. The Morgan fingerprint density at radius 2 is 1.90 bits per heavy atom. The molecule has 0 atom stereocenters. The molecule has 0 aliphatic heterocycles. The molecule has 0 bridgehead atoms. The van der Waals surface area contributed by atoms with Gasteiger partial charge in [-0.1, -0.05) is 12.1 Å². The molecule has 6 nitrogen and oxygen atoms in total. The number of hydrogen-bond acceptors (Lipinski definition) is 4. The summed E-state index contributed by atoms with van der Waals surface area (Å²) >= 11 is 1.01. The smallest absolute Gasteiger partial charge is 0.313 e. The maximum atomic E-state index is 12.1. The number of anilines is 1. The van der Waals surface area contributed by atoms with Crippen molar-refractivity contribution in [1.82, 2.24) is 5.32 Å². The molecule has 0 spiro atoms. The highest BCUT2D eigenvalue weighted by Crippen LogP contribution is 2.21. The Balaban J connectivity index is 1.93.